The summed E-state index contributed by atoms with van der Waals surface area (Å²) in [5.74, 6) is 0. The summed E-state index contributed by atoms with van der Waals surface area (Å²) in [6.07, 6.45) is 1.05. The van der Waals surface area contributed by atoms with E-state index in [2.05, 4.69) is 10.6 Å². The SMILES string of the molecule is CCC(CC)(NC(N)=O)NC(N)=O. The summed E-state index contributed by atoms with van der Waals surface area (Å²) in [5, 5.41) is 4.90. The van der Waals surface area contributed by atoms with Crippen molar-refractivity contribution in [3.63, 3.8) is 0 Å². The molecule has 0 aliphatic heterocycles. The van der Waals surface area contributed by atoms with Crippen molar-refractivity contribution in [1.29, 1.82) is 0 Å². The molecule has 4 amide bonds. The van der Waals surface area contributed by atoms with E-state index in [0.29, 0.717) is 12.8 Å². The lowest BCUT2D eigenvalue weighted by Gasteiger charge is -2.32. The van der Waals surface area contributed by atoms with Gasteiger partial charge >= 0.3 is 12.1 Å². The van der Waals surface area contributed by atoms with Crippen LogP contribution in [-0.4, -0.2) is 17.7 Å². The summed E-state index contributed by atoms with van der Waals surface area (Å²) in [4.78, 5) is 21.3. The fourth-order valence-corrected chi connectivity index (χ4v) is 1.11. The number of carbonyl (C=O) groups is 2. The monoisotopic (exact) mass is 188 g/mol. The van der Waals surface area contributed by atoms with Gasteiger partial charge in [-0.05, 0) is 12.8 Å². The molecule has 0 heterocycles. The molecule has 76 valence electrons. The van der Waals surface area contributed by atoms with E-state index in [4.69, 9.17) is 11.5 Å². The van der Waals surface area contributed by atoms with Gasteiger partial charge in [-0.15, -0.1) is 0 Å². The largest absolute Gasteiger partial charge is 0.352 e. The van der Waals surface area contributed by atoms with Crippen LogP contribution in [0.4, 0.5) is 9.59 Å². The molecule has 6 nitrogen and oxygen atoms in total. The Morgan fingerprint density at radius 3 is 1.54 bits per heavy atom. The molecule has 6 N–H and O–H groups in total. The lowest BCUT2D eigenvalue weighted by atomic mass is 10.0. The van der Waals surface area contributed by atoms with Gasteiger partial charge in [0.2, 0.25) is 0 Å². The quantitative estimate of drug-likeness (QED) is 0.460. The van der Waals surface area contributed by atoms with Crippen LogP contribution in [0, 0.1) is 0 Å². The van der Waals surface area contributed by atoms with Crippen LogP contribution < -0.4 is 22.1 Å². The summed E-state index contributed by atoms with van der Waals surface area (Å²) in [6, 6.07) is -1.37. The molecular weight excluding hydrogens is 172 g/mol. The Kier molecular flexibility index (Phi) is 4.03. The molecule has 0 spiro atoms. The molecule has 0 atom stereocenters. The topological polar surface area (TPSA) is 110 Å². The van der Waals surface area contributed by atoms with Crippen molar-refractivity contribution in [1.82, 2.24) is 10.6 Å². The average molecular weight is 188 g/mol. The Labute approximate surface area is 77.0 Å². The Morgan fingerprint density at radius 1 is 1.08 bits per heavy atom. The van der Waals surface area contributed by atoms with E-state index in [-0.39, 0.29) is 0 Å². The highest BCUT2D eigenvalue weighted by Gasteiger charge is 2.28. The van der Waals surface area contributed by atoms with Gasteiger partial charge in [-0.2, -0.15) is 0 Å². The summed E-state index contributed by atoms with van der Waals surface area (Å²) < 4.78 is 0. The number of nitrogens with one attached hydrogen (secondary N) is 2. The lowest BCUT2D eigenvalue weighted by Crippen LogP contribution is -2.62. The maximum absolute atomic E-state index is 10.6. The van der Waals surface area contributed by atoms with Crippen molar-refractivity contribution in [3.8, 4) is 0 Å². The Balaban J connectivity index is 4.48. The van der Waals surface area contributed by atoms with Crippen LogP contribution in [0.5, 0.6) is 0 Å². The minimum Gasteiger partial charge on any atom is -0.352 e. The van der Waals surface area contributed by atoms with Gasteiger partial charge in [-0.1, -0.05) is 13.8 Å². The molecule has 0 unspecified atom stereocenters. The summed E-state index contributed by atoms with van der Waals surface area (Å²) >= 11 is 0. The van der Waals surface area contributed by atoms with Crippen LogP contribution in [0.3, 0.4) is 0 Å². The second kappa shape index (κ2) is 4.54. The van der Waals surface area contributed by atoms with Gasteiger partial charge in [-0.3, -0.25) is 0 Å². The van der Waals surface area contributed by atoms with Crippen LogP contribution in [0.1, 0.15) is 26.7 Å². The van der Waals surface area contributed by atoms with Gasteiger partial charge in [0, 0.05) is 0 Å². The highest BCUT2D eigenvalue weighted by Crippen LogP contribution is 2.10. The predicted molar refractivity (Wildman–Crippen MR) is 48.8 cm³/mol. The number of urea groups is 2. The number of rotatable bonds is 4. The van der Waals surface area contributed by atoms with Gasteiger partial charge in [0.25, 0.3) is 0 Å². The van der Waals surface area contributed by atoms with Crippen molar-refractivity contribution >= 4 is 12.1 Å². The smallest absolute Gasteiger partial charge is 0.313 e. The first-order chi connectivity index (χ1) is 5.95. The standard InChI is InChI=1S/C7H16N4O2/c1-3-7(4-2,10-5(8)12)11-6(9)13/h3-4H2,1-2H3,(H3,8,10,12)(H3,9,11,13). The zero-order valence-electron chi connectivity index (χ0n) is 7.89. The third kappa shape index (κ3) is 3.64. The van der Waals surface area contributed by atoms with Gasteiger partial charge in [-0.25, -0.2) is 9.59 Å². The third-order valence-corrected chi connectivity index (χ3v) is 1.93. The first-order valence-electron chi connectivity index (χ1n) is 4.11. The van der Waals surface area contributed by atoms with Gasteiger partial charge in [0.15, 0.2) is 0 Å². The number of primary amides is 2. The van der Waals surface area contributed by atoms with Crippen molar-refractivity contribution in [3.05, 3.63) is 0 Å². The molecule has 0 aliphatic carbocycles. The van der Waals surface area contributed by atoms with Crippen molar-refractivity contribution in [2.45, 2.75) is 32.4 Å². The molecule has 0 aliphatic rings. The molecule has 0 rings (SSSR count). The molecule has 0 saturated carbocycles. The van der Waals surface area contributed by atoms with Crippen molar-refractivity contribution in [2.24, 2.45) is 11.5 Å². The number of nitrogens with two attached hydrogens (primary N) is 2. The highest BCUT2D eigenvalue weighted by atomic mass is 16.2. The molecule has 0 aromatic rings. The summed E-state index contributed by atoms with van der Waals surface area (Å²) in [6.45, 7) is 3.63. The number of hydrogen-bond acceptors (Lipinski definition) is 2. The first kappa shape index (κ1) is 11.5. The third-order valence-electron chi connectivity index (χ3n) is 1.93. The Bertz CT molecular complexity index is 183. The summed E-state index contributed by atoms with van der Waals surface area (Å²) in [7, 11) is 0. The lowest BCUT2D eigenvalue weighted by molar-refractivity contribution is 0.203. The van der Waals surface area contributed by atoms with E-state index in [0.717, 1.165) is 0 Å². The number of carbonyl (C=O) groups excluding carboxylic acids is 2. The van der Waals surface area contributed by atoms with Crippen LogP contribution in [-0.2, 0) is 0 Å². The minimum absolute atomic E-state index is 0.523. The summed E-state index contributed by atoms with van der Waals surface area (Å²) in [5.41, 5.74) is 9.10. The fraction of sp³-hybridized carbons (Fsp3) is 0.714. The van der Waals surface area contributed by atoms with E-state index >= 15 is 0 Å². The molecular formula is C7H16N4O2. The second-order valence-corrected chi connectivity index (χ2v) is 2.77. The molecule has 13 heavy (non-hydrogen) atoms. The molecule has 0 aromatic heterocycles. The van der Waals surface area contributed by atoms with Crippen LogP contribution >= 0.6 is 0 Å². The zero-order chi connectivity index (χ0) is 10.5. The van der Waals surface area contributed by atoms with Gasteiger partial charge in [0.1, 0.15) is 5.66 Å². The van der Waals surface area contributed by atoms with Gasteiger partial charge < -0.3 is 22.1 Å². The van der Waals surface area contributed by atoms with Gasteiger partial charge in [0.05, 0.1) is 0 Å². The highest BCUT2D eigenvalue weighted by molar-refractivity contribution is 5.76. The van der Waals surface area contributed by atoms with E-state index in [1.807, 2.05) is 13.8 Å². The maximum Gasteiger partial charge on any atom is 0.313 e. The Morgan fingerprint density at radius 2 is 1.38 bits per heavy atom. The van der Waals surface area contributed by atoms with E-state index < -0.39 is 17.7 Å². The molecule has 0 bridgehead atoms. The molecule has 0 fully saturated rings. The fourth-order valence-electron chi connectivity index (χ4n) is 1.11. The van der Waals surface area contributed by atoms with Crippen LogP contribution in [0.25, 0.3) is 0 Å². The van der Waals surface area contributed by atoms with E-state index in [9.17, 15) is 9.59 Å². The maximum atomic E-state index is 10.6. The Hall–Kier alpha value is -1.46. The normalized spacial score (nSPS) is 10.6. The van der Waals surface area contributed by atoms with Crippen LogP contribution in [0.2, 0.25) is 0 Å². The molecule has 0 aromatic carbocycles. The zero-order valence-corrected chi connectivity index (χ0v) is 7.89. The average Bonchev–Trinajstić information content (AvgIpc) is 2.01. The number of amides is 4. The molecule has 0 radical (unpaired) electrons. The molecule has 0 saturated heterocycles. The van der Waals surface area contributed by atoms with E-state index in [1.54, 1.807) is 0 Å². The van der Waals surface area contributed by atoms with Crippen molar-refractivity contribution in [2.75, 3.05) is 0 Å². The van der Waals surface area contributed by atoms with Crippen molar-refractivity contribution < 1.29 is 9.59 Å². The second-order valence-electron chi connectivity index (χ2n) is 2.77. The number of hydrogen-bond donors (Lipinski definition) is 4. The minimum atomic E-state index is -0.822. The molecule has 6 heteroatoms. The van der Waals surface area contributed by atoms with E-state index in [1.165, 1.54) is 0 Å². The van der Waals surface area contributed by atoms with Crippen LogP contribution in [0.15, 0.2) is 0 Å². The predicted octanol–water partition coefficient (Wildman–Crippen LogP) is -0.161. The first-order valence-corrected chi connectivity index (χ1v) is 4.11.